The summed E-state index contributed by atoms with van der Waals surface area (Å²) in [6, 6.07) is 5.23. The van der Waals surface area contributed by atoms with E-state index in [1.54, 1.807) is 19.2 Å². The van der Waals surface area contributed by atoms with E-state index in [1.165, 1.54) is 0 Å². The minimum atomic E-state index is -0.321. The van der Waals surface area contributed by atoms with Crippen molar-refractivity contribution in [2.75, 3.05) is 12.4 Å². The van der Waals surface area contributed by atoms with Crippen LogP contribution in [-0.4, -0.2) is 25.1 Å². The van der Waals surface area contributed by atoms with E-state index < -0.39 is 0 Å². The number of rotatable bonds is 7. The molecule has 2 N–H and O–H groups in total. The van der Waals surface area contributed by atoms with E-state index in [9.17, 15) is 4.79 Å². The molecule has 0 heterocycles. The van der Waals surface area contributed by atoms with Crippen LogP contribution in [0.5, 0.6) is 5.75 Å². The molecule has 20 heavy (non-hydrogen) atoms. The summed E-state index contributed by atoms with van der Waals surface area (Å²) < 4.78 is 5.09. The molecule has 0 aliphatic heterocycles. The summed E-state index contributed by atoms with van der Waals surface area (Å²) >= 11 is 6.05. The fourth-order valence-corrected chi connectivity index (χ4v) is 2.20. The van der Waals surface area contributed by atoms with Gasteiger partial charge in [-0.15, -0.1) is 0 Å². The molecule has 0 saturated heterocycles. The molecule has 0 bridgehead atoms. The molecule has 4 nitrogen and oxygen atoms in total. The highest BCUT2D eigenvalue weighted by atomic mass is 35.5. The summed E-state index contributed by atoms with van der Waals surface area (Å²) in [4.78, 5) is 12.0. The maximum Gasteiger partial charge on any atom is 0.242 e. The van der Waals surface area contributed by atoms with Crippen molar-refractivity contribution in [2.24, 2.45) is 0 Å². The number of hydrogen-bond donors (Lipinski definition) is 2. The van der Waals surface area contributed by atoms with Crippen LogP contribution in [0.4, 0.5) is 5.69 Å². The second kappa shape index (κ2) is 8.00. The Kier molecular flexibility index (Phi) is 6.65. The second-order valence-corrected chi connectivity index (χ2v) is 5.32. The molecule has 0 aromatic heterocycles. The Bertz CT molecular complexity index is 451. The molecular weight excluding hydrogens is 276 g/mol. The van der Waals surface area contributed by atoms with Gasteiger partial charge < -0.3 is 15.4 Å². The molecule has 0 fully saturated rings. The predicted molar refractivity (Wildman–Crippen MR) is 83.6 cm³/mol. The summed E-state index contributed by atoms with van der Waals surface area (Å²) in [7, 11) is 1.57. The molecule has 1 amide bonds. The lowest BCUT2D eigenvalue weighted by Gasteiger charge is -2.19. The zero-order valence-electron chi connectivity index (χ0n) is 12.5. The van der Waals surface area contributed by atoms with E-state index in [-0.39, 0.29) is 18.0 Å². The van der Waals surface area contributed by atoms with Gasteiger partial charge in [0.25, 0.3) is 0 Å². The van der Waals surface area contributed by atoms with Gasteiger partial charge in [-0.1, -0.05) is 24.9 Å². The number of ether oxygens (including phenoxy) is 1. The van der Waals surface area contributed by atoms with Crippen LogP contribution in [0.3, 0.4) is 0 Å². The van der Waals surface area contributed by atoms with Gasteiger partial charge in [0.05, 0.1) is 12.1 Å². The van der Waals surface area contributed by atoms with E-state index in [4.69, 9.17) is 16.3 Å². The Balaban J connectivity index is 2.59. The smallest absolute Gasteiger partial charge is 0.242 e. The first kappa shape index (κ1) is 16.6. The molecule has 0 radical (unpaired) electrons. The van der Waals surface area contributed by atoms with Crippen molar-refractivity contribution >= 4 is 23.2 Å². The summed E-state index contributed by atoms with van der Waals surface area (Å²) in [6.45, 7) is 5.94. The number of carbonyl (C=O) groups excluding carboxylic acids is 1. The maximum absolute atomic E-state index is 12.0. The van der Waals surface area contributed by atoms with Crippen molar-refractivity contribution in [1.29, 1.82) is 0 Å². The number of anilines is 1. The van der Waals surface area contributed by atoms with Crippen LogP contribution in [0.25, 0.3) is 0 Å². The van der Waals surface area contributed by atoms with Gasteiger partial charge in [-0.05, 0) is 38.5 Å². The van der Waals surface area contributed by atoms with Crippen LogP contribution in [0.15, 0.2) is 18.2 Å². The van der Waals surface area contributed by atoms with Gasteiger partial charge in [0, 0.05) is 11.7 Å². The monoisotopic (exact) mass is 298 g/mol. The van der Waals surface area contributed by atoms with Crippen LogP contribution in [-0.2, 0) is 4.79 Å². The molecule has 112 valence electrons. The zero-order valence-corrected chi connectivity index (χ0v) is 13.3. The first-order chi connectivity index (χ1) is 9.47. The quantitative estimate of drug-likeness (QED) is 0.810. The minimum absolute atomic E-state index is 0.0158. The first-order valence-corrected chi connectivity index (χ1v) is 7.26. The number of halogens is 1. The lowest BCUT2D eigenvalue weighted by atomic mass is 10.2. The van der Waals surface area contributed by atoms with Crippen LogP contribution >= 0.6 is 11.6 Å². The van der Waals surface area contributed by atoms with E-state index >= 15 is 0 Å². The molecule has 1 aromatic carbocycles. The van der Waals surface area contributed by atoms with E-state index in [2.05, 4.69) is 17.6 Å². The number of methoxy groups -OCH3 is 1. The van der Waals surface area contributed by atoms with Gasteiger partial charge in [0.1, 0.15) is 11.8 Å². The molecule has 0 saturated carbocycles. The summed E-state index contributed by atoms with van der Waals surface area (Å²) in [5.41, 5.74) is 0.793. The molecule has 0 spiro atoms. The fraction of sp³-hybridized carbons (Fsp3) is 0.533. The van der Waals surface area contributed by atoms with E-state index in [1.807, 2.05) is 19.9 Å². The Morgan fingerprint density at radius 2 is 2.10 bits per heavy atom. The Morgan fingerprint density at radius 3 is 2.65 bits per heavy atom. The van der Waals surface area contributed by atoms with Gasteiger partial charge in [0.15, 0.2) is 0 Å². The SMILES string of the molecule is CCCC(C)NC(=O)C(C)Nc1ccc(OC)c(Cl)c1. The van der Waals surface area contributed by atoms with Crippen LogP contribution in [0.2, 0.25) is 5.02 Å². The largest absolute Gasteiger partial charge is 0.495 e. The average molecular weight is 299 g/mol. The van der Waals surface area contributed by atoms with Crippen molar-refractivity contribution in [2.45, 2.75) is 45.7 Å². The zero-order chi connectivity index (χ0) is 15.1. The number of benzene rings is 1. The number of carbonyl (C=O) groups is 1. The lowest BCUT2D eigenvalue weighted by Crippen LogP contribution is -2.42. The van der Waals surface area contributed by atoms with Gasteiger partial charge in [0.2, 0.25) is 5.91 Å². The molecule has 2 unspecified atom stereocenters. The number of nitrogens with one attached hydrogen (secondary N) is 2. The lowest BCUT2D eigenvalue weighted by molar-refractivity contribution is -0.122. The molecule has 2 atom stereocenters. The third-order valence-electron chi connectivity index (χ3n) is 3.04. The highest BCUT2D eigenvalue weighted by Gasteiger charge is 2.15. The molecule has 1 rings (SSSR count). The van der Waals surface area contributed by atoms with Gasteiger partial charge >= 0.3 is 0 Å². The Hall–Kier alpha value is -1.42. The minimum Gasteiger partial charge on any atom is -0.495 e. The van der Waals surface area contributed by atoms with Crippen LogP contribution in [0, 0.1) is 0 Å². The Labute approximate surface area is 125 Å². The molecule has 1 aromatic rings. The highest BCUT2D eigenvalue weighted by Crippen LogP contribution is 2.27. The summed E-state index contributed by atoms with van der Waals surface area (Å²) in [5.74, 6) is 0.601. The second-order valence-electron chi connectivity index (χ2n) is 4.91. The third-order valence-corrected chi connectivity index (χ3v) is 3.33. The van der Waals surface area contributed by atoms with Crippen molar-refractivity contribution in [3.05, 3.63) is 23.2 Å². The van der Waals surface area contributed by atoms with E-state index in [0.717, 1.165) is 18.5 Å². The van der Waals surface area contributed by atoms with Crippen LogP contribution in [0.1, 0.15) is 33.6 Å². The highest BCUT2D eigenvalue weighted by molar-refractivity contribution is 6.32. The molecular formula is C15H23ClN2O2. The molecule has 5 heteroatoms. The normalized spacial score (nSPS) is 13.4. The van der Waals surface area contributed by atoms with Gasteiger partial charge in [-0.2, -0.15) is 0 Å². The van der Waals surface area contributed by atoms with Gasteiger partial charge in [-0.3, -0.25) is 4.79 Å². The summed E-state index contributed by atoms with van der Waals surface area (Å²) in [6.07, 6.45) is 2.03. The number of amides is 1. The van der Waals surface area contributed by atoms with Crippen molar-refractivity contribution < 1.29 is 9.53 Å². The molecule has 0 aliphatic rings. The maximum atomic E-state index is 12.0. The number of hydrogen-bond acceptors (Lipinski definition) is 3. The van der Waals surface area contributed by atoms with E-state index in [0.29, 0.717) is 10.8 Å². The van der Waals surface area contributed by atoms with Crippen molar-refractivity contribution in [1.82, 2.24) is 5.32 Å². The first-order valence-electron chi connectivity index (χ1n) is 6.88. The van der Waals surface area contributed by atoms with Gasteiger partial charge in [-0.25, -0.2) is 0 Å². The fourth-order valence-electron chi connectivity index (χ4n) is 1.94. The van der Waals surface area contributed by atoms with Crippen molar-refractivity contribution in [3.63, 3.8) is 0 Å². The average Bonchev–Trinajstić information content (AvgIpc) is 2.39. The van der Waals surface area contributed by atoms with Crippen LogP contribution < -0.4 is 15.4 Å². The standard InChI is InChI=1S/C15H23ClN2O2/c1-5-6-10(2)17-15(19)11(3)18-12-7-8-14(20-4)13(16)9-12/h7-11,18H,5-6H2,1-4H3,(H,17,19). The topological polar surface area (TPSA) is 50.4 Å². The van der Waals surface area contributed by atoms with Crippen molar-refractivity contribution in [3.8, 4) is 5.75 Å². The molecule has 0 aliphatic carbocycles. The predicted octanol–water partition coefficient (Wildman–Crippen LogP) is 3.45. The third kappa shape index (κ3) is 4.93. The Morgan fingerprint density at radius 1 is 1.40 bits per heavy atom. The summed E-state index contributed by atoms with van der Waals surface area (Å²) in [5, 5.41) is 6.63.